The van der Waals surface area contributed by atoms with Crippen LogP contribution in [0.15, 0.2) is 12.1 Å². The first-order valence-corrected chi connectivity index (χ1v) is 6.39. The van der Waals surface area contributed by atoms with Crippen molar-refractivity contribution < 1.29 is 23.7 Å². The molecule has 3 N–H and O–H groups in total. The summed E-state index contributed by atoms with van der Waals surface area (Å²) in [6.45, 7) is 0.425. The van der Waals surface area contributed by atoms with E-state index in [4.69, 9.17) is 24.7 Å². The molecule has 22 heavy (non-hydrogen) atoms. The Kier molecular flexibility index (Phi) is 9.32. The topological polar surface area (TPSA) is 92.0 Å². The zero-order valence-corrected chi connectivity index (χ0v) is 14.0. The van der Waals surface area contributed by atoms with E-state index in [1.807, 2.05) is 0 Å². The zero-order valence-electron chi connectivity index (χ0n) is 13.2. The number of nitrogens with two attached hydrogens (primary N) is 1. The van der Waals surface area contributed by atoms with E-state index < -0.39 is 6.04 Å². The van der Waals surface area contributed by atoms with Gasteiger partial charge in [-0.05, 0) is 12.1 Å². The van der Waals surface area contributed by atoms with Gasteiger partial charge in [0.05, 0.1) is 27.9 Å². The predicted molar refractivity (Wildman–Crippen MR) is 85.0 cm³/mol. The van der Waals surface area contributed by atoms with Gasteiger partial charge in [0.1, 0.15) is 6.04 Å². The zero-order chi connectivity index (χ0) is 15.8. The van der Waals surface area contributed by atoms with Gasteiger partial charge in [0.2, 0.25) is 11.7 Å². The summed E-state index contributed by atoms with van der Waals surface area (Å²) in [5.74, 6) is 1.25. The van der Waals surface area contributed by atoms with Crippen LogP contribution in [0, 0.1) is 0 Å². The Bertz CT molecular complexity index is 485. The van der Waals surface area contributed by atoms with Crippen LogP contribution in [0.2, 0.25) is 0 Å². The lowest BCUT2D eigenvalue weighted by atomic mass is 10.1. The number of carbonyl (C=O) groups is 1. The summed E-state index contributed by atoms with van der Waals surface area (Å²) in [5, 5.41) is 2.73. The Morgan fingerprint density at radius 2 is 1.77 bits per heavy atom. The van der Waals surface area contributed by atoms with Crippen LogP contribution in [0.4, 0.5) is 0 Å². The van der Waals surface area contributed by atoms with E-state index in [1.54, 1.807) is 19.2 Å². The number of hydrogen-bond donors (Lipinski definition) is 2. The second-order valence-electron chi connectivity index (χ2n) is 4.27. The van der Waals surface area contributed by atoms with E-state index in [1.165, 1.54) is 21.3 Å². The molecule has 1 unspecified atom stereocenters. The quantitative estimate of drug-likeness (QED) is 0.728. The van der Waals surface area contributed by atoms with E-state index in [2.05, 4.69) is 5.32 Å². The van der Waals surface area contributed by atoms with Crippen molar-refractivity contribution in [3.8, 4) is 17.2 Å². The number of ether oxygens (including phenoxy) is 4. The summed E-state index contributed by atoms with van der Waals surface area (Å²) in [7, 11) is 6.09. The van der Waals surface area contributed by atoms with Gasteiger partial charge in [0, 0.05) is 19.2 Å². The Balaban J connectivity index is 0.00000441. The summed E-state index contributed by atoms with van der Waals surface area (Å²) in [5.41, 5.74) is 6.41. The van der Waals surface area contributed by atoms with E-state index in [0.29, 0.717) is 17.2 Å². The third kappa shape index (κ3) is 4.94. The Morgan fingerprint density at radius 3 is 2.27 bits per heavy atom. The first kappa shape index (κ1) is 20.3. The molecule has 1 rings (SSSR count). The molecule has 0 saturated heterocycles. The molecule has 8 heteroatoms. The van der Waals surface area contributed by atoms with Gasteiger partial charge in [-0.3, -0.25) is 4.79 Å². The van der Waals surface area contributed by atoms with Crippen molar-refractivity contribution in [2.45, 2.75) is 12.6 Å². The summed E-state index contributed by atoms with van der Waals surface area (Å²) in [6.07, 6.45) is 0. The summed E-state index contributed by atoms with van der Waals surface area (Å²) < 4.78 is 20.7. The number of hydrogen-bond acceptors (Lipinski definition) is 6. The van der Waals surface area contributed by atoms with Gasteiger partial charge in [-0.25, -0.2) is 0 Å². The lowest BCUT2D eigenvalue weighted by Crippen LogP contribution is -2.43. The molecule has 1 aromatic carbocycles. The number of rotatable bonds is 8. The fourth-order valence-corrected chi connectivity index (χ4v) is 1.87. The van der Waals surface area contributed by atoms with Gasteiger partial charge in [0.15, 0.2) is 11.5 Å². The van der Waals surface area contributed by atoms with E-state index in [-0.39, 0.29) is 31.5 Å². The molecule has 0 fully saturated rings. The van der Waals surface area contributed by atoms with Crippen LogP contribution in [-0.2, 0) is 16.1 Å². The number of halogens is 1. The highest BCUT2D eigenvalue weighted by Crippen LogP contribution is 2.39. The van der Waals surface area contributed by atoms with Gasteiger partial charge in [0.25, 0.3) is 0 Å². The molecule has 0 saturated carbocycles. The molecule has 7 nitrogen and oxygen atoms in total. The summed E-state index contributed by atoms with van der Waals surface area (Å²) in [6, 6.07) is 2.83. The molecule has 0 radical (unpaired) electrons. The van der Waals surface area contributed by atoms with Crippen LogP contribution in [0.3, 0.4) is 0 Å². The van der Waals surface area contributed by atoms with Crippen molar-refractivity contribution in [1.82, 2.24) is 5.32 Å². The Hall–Kier alpha value is -1.70. The molecule has 1 amide bonds. The molecule has 1 atom stereocenters. The third-order valence-corrected chi connectivity index (χ3v) is 2.92. The lowest BCUT2D eigenvalue weighted by Gasteiger charge is -2.17. The van der Waals surface area contributed by atoms with Crippen LogP contribution in [-0.4, -0.2) is 47.0 Å². The Morgan fingerprint density at radius 1 is 1.14 bits per heavy atom. The number of benzene rings is 1. The highest BCUT2D eigenvalue weighted by atomic mass is 35.5. The van der Waals surface area contributed by atoms with Gasteiger partial charge in [-0.1, -0.05) is 0 Å². The van der Waals surface area contributed by atoms with Crippen molar-refractivity contribution >= 4 is 18.3 Å². The fraction of sp³-hybridized carbons (Fsp3) is 0.500. The highest BCUT2D eigenvalue weighted by Gasteiger charge is 2.18. The number of nitrogens with one attached hydrogen (secondary N) is 1. The molecule has 126 valence electrons. The largest absolute Gasteiger partial charge is 0.493 e. The molecule has 0 bridgehead atoms. The highest BCUT2D eigenvalue weighted by molar-refractivity contribution is 5.85. The van der Waals surface area contributed by atoms with Crippen LogP contribution in [0.25, 0.3) is 0 Å². The van der Waals surface area contributed by atoms with Crippen molar-refractivity contribution in [3.05, 3.63) is 17.7 Å². The van der Waals surface area contributed by atoms with Gasteiger partial charge < -0.3 is 30.0 Å². The minimum absolute atomic E-state index is 0. The predicted octanol–water partition coefficient (Wildman–Crippen LogP) is 0.724. The average molecular weight is 335 g/mol. The van der Waals surface area contributed by atoms with E-state index in [0.717, 1.165) is 5.56 Å². The number of carbonyl (C=O) groups excluding carboxylic acids is 1. The second-order valence-corrected chi connectivity index (χ2v) is 4.27. The maximum absolute atomic E-state index is 11.8. The molecule has 1 aromatic rings. The average Bonchev–Trinajstić information content (AvgIpc) is 2.51. The smallest absolute Gasteiger partial charge is 0.239 e. The van der Waals surface area contributed by atoms with E-state index in [9.17, 15) is 4.79 Å². The molecule has 0 aliphatic heterocycles. The monoisotopic (exact) mass is 334 g/mol. The minimum Gasteiger partial charge on any atom is -0.493 e. The fourth-order valence-electron chi connectivity index (χ4n) is 1.87. The van der Waals surface area contributed by atoms with E-state index >= 15 is 0 Å². The molecule has 0 aliphatic rings. The Labute approximate surface area is 136 Å². The number of amides is 1. The van der Waals surface area contributed by atoms with Gasteiger partial charge in [-0.2, -0.15) is 0 Å². The van der Waals surface area contributed by atoms with Crippen molar-refractivity contribution in [2.75, 3.05) is 35.0 Å². The summed E-state index contributed by atoms with van der Waals surface area (Å²) in [4.78, 5) is 11.8. The third-order valence-electron chi connectivity index (χ3n) is 2.92. The number of methoxy groups -OCH3 is 4. The molecule has 0 aromatic heterocycles. The van der Waals surface area contributed by atoms with Crippen LogP contribution in [0.5, 0.6) is 17.2 Å². The van der Waals surface area contributed by atoms with Crippen molar-refractivity contribution in [3.63, 3.8) is 0 Å². The van der Waals surface area contributed by atoms with Gasteiger partial charge in [-0.15, -0.1) is 12.4 Å². The van der Waals surface area contributed by atoms with Crippen molar-refractivity contribution in [1.29, 1.82) is 0 Å². The lowest BCUT2D eigenvalue weighted by molar-refractivity contribution is -0.123. The first-order chi connectivity index (χ1) is 10.1. The second kappa shape index (κ2) is 10.1. The molecule has 0 heterocycles. The normalized spacial score (nSPS) is 11.1. The molecular formula is C14H23ClN2O5. The maximum Gasteiger partial charge on any atom is 0.239 e. The molecule has 0 aliphatic carbocycles. The standard InChI is InChI=1S/C14H22N2O5.ClH/c1-18-8-10(15)14(17)16-7-9-5-6-11(19-2)13(21-4)12(9)20-3;/h5-6,10H,7-8,15H2,1-4H3,(H,16,17);1H. The van der Waals surface area contributed by atoms with Gasteiger partial charge >= 0.3 is 0 Å². The first-order valence-electron chi connectivity index (χ1n) is 6.39. The van der Waals surface area contributed by atoms with Crippen LogP contribution >= 0.6 is 12.4 Å². The van der Waals surface area contributed by atoms with Crippen LogP contribution in [0.1, 0.15) is 5.56 Å². The SMILES string of the molecule is COCC(N)C(=O)NCc1ccc(OC)c(OC)c1OC.Cl. The van der Waals surface area contributed by atoms with Crippen molar-refractivity contribution in [2.24, 2.45) is 5.73 Å². The summed E-state index contributed by atoms with van der Waals surface area (Å²) >= 11 is 0. The van der Waals surface area contributed by atoms with Crippen LogP contribution < -0.4 is 25.3 Å². The molecule has 0 spiro atoms. The maximum atomic E-state index is 11.8. The molecular weight excluding hydrogens is 312 g/mol. The minimum atomic E-state index is -0.707.